The molecule has 0 spiro atoms. The highest BCUT2D eigenvalue weighted by molar-refractivity contribution is 7.92. The number of benzene rings is 2. The first-order chi connectivity index (χ1) is 10.1. The fraction of sp³-hybridized carbons (Fsp3) is 0.125. The highest BCUT2D eigenvalue weighted by Gasteiger charge is 2.24. The number of rotatable bonds is 5. The minimum absolute atomic E-state index is 0.125. The standard InChI is InChI=1S/C16H14FNO2S/c1-2-14-8-10-15(11-9-14)18(13-12-17)21(19,20)16-6-4-3-5-7-16/h1,3-11H,12-13H2. The largest absolute Gasteiger partial charge is 0.264 e. The second kappa shape index (κ2) is 6.42. The van der Waals surface area contributed by atoms with E-state index in [0.29, 0.717) is 11.3 Å². The van der Waals surface area contributed by atoms with Crippen LogP contribution in [0.5, 0.6) is 0 Å². The van der Waals surface area contributed by atoms with Crippen molar-refractivity contribution in [1.29, 1.82) is 0 Å². The molecular weight excluding hydrogens is 289 g/mol. The van der Waals surface area contributed by atoms with Gasteiger partial charge in [0, 0.05) is 5.56 Å². The summed E-state index contributed by atoms with van der Waals surface area (Å²) in [6.45, 7) is -1.02. The predicted molar refractivity (Wildman–Crippen MR) is 81.3 cm³/mol. The summed E-state index contributed by atoms with van der Waals surface area (Å²) in [6.07, 6.45) is 5.27. The fourth-order valence-electron chi connectivity index (χ4n) is 1.91. The van der Waals surface area contributed by atoms with Crippen LogP contribution in [0.3, 0.4) is 0 Å². The maximum absolute atomic E-state index is 12.8. The molecule has 0 N–H and O–H groups in total. The third kappa shape index (κ3) is 3.23. The van der Waals surface area contributed by atoms with Gasteiger partial charge in [-0.05, 0) is 36.4 Å². The molecule has 0 aromatic heterocycles. The topological polar surface area (TPSA) is 37.4 Å². The third-order valence-electron chi connectivity index (χ3n) is 2.94. The Morgan fingerprint density at radius 1 is 1.05 bits per heavy atom. The van der Waals surface area contributed by atoms with Gasteiger partial charge in [-0.25, -0.2) is 12.8 Å². The van der Waals surface area contributed by atoms with Crippen molar-refractivity contribution in [3.63, 3.8) is 0 Å². The van der Waals surface area contributed by atoms with E-state index in [4.69, 9.17) is 6.42 Å². The van der Waals surface area contributed by atoms with Gasteiger partial charge >= 0.3 is 0 Å². The maximum Gasteiger partial charge on any atom is 0.264 e. The monoisotopic (exact) mass is 303 g/mol. The zero-order chi connectivity index (χ0) is 15.3. The molecule has 0 saturated heterocycles. The molecule has 0 radical (unpaired) electrons. The van der Waals surface area contributed by atoms with Gasteiger partial charge in [-0.15, -0.1) is 6.42 Å². The van der Waals surface area contributed by atoms with Gasteiger partial charge in [0.25, 0.3) is 10.0 Å². The first-order valence-electron chi connectivity index (χ1n) is 6.30. The van der Waals surface area contributed by atoms with Crippen molar-refractivity contribution in [1.82, 2.24) is 0 Å². The summed E-state index contributed by atoms with van der Waals surface area (Å²) in [7, 11) is -3.79. The number of sulfonamides is 1. The van der Waals surface area contributed by atoms with Gasteiger partial charge in [-0.1, -0.05) is 24.1 Å². The summed E-state index contributed by atoms with van der Waals surface area (Å²) in [5.41, 5.74) is 1.02. The lowest BCUT2D eigenvalue weighted by atomic mass is 10.2. The Bertz CT molecular complexity index is 734. The van der Waals surface area contributed by atoms with Crippen molar-refractivity contribution in [2.45, 2.75) is 4.90 Å². The van der Waals surface area contributed by atoms with Crippen molar-refractivity contribution in [2.24, 2.45) is 0 Å². The Hall–Kier alpha value is -2.32. The molecule has 0 aliphatic carbocycles. The minimum Gasteiger partial charge on any atom is -0.264 e. The predicted octanol–water partition coefficient (Wildman–Crippen LogP) is 2.83. The number of hydrogen-bond acceptors (Lipinski definition) is 2. The molecule has 0 aliphatic heterocycles. The van der Waals surface area contributed by atoms with Gasteiger partial charge in [0.1, 0.15) is 6.67 Å². The molecule has 0 heterocycles. The molecule has 0 saturated carbocycles. The normalized spacial score (nSPS) is 10.9. The van der Waals surface area contributed by atoms with Crippen molar-refractivity contribution in [2.75, 3.05) is 17.5 Å². The van der Waals surface area contributed by atoms with Crippen molar-refractivity contribution in [3.05, 3.63) is 60.2 Å². The molecule has 2 aromatic rings. The van der Waals surface area contributed by atoms with E-state index in [9.17, 15) is 12.8 Å². The van der Waals surface area contributed by atoms with Crippen LogP contribution in [-0.4, -0.2) is 21.6 Å². The molecule has 21 heavy (non-hydrogen) atoms. The van der Waals surface area contributed by atoms with Crippen LogP contribution >= 0.6 is 0 Å². The summed E-state index contributed by atoms with van der Waals surface area (Å²) in [5.74, 6) is 2.45. The Morgan fingerprint density at radius 2 is 1.67 bits per heavy atom. The first kappa shape index (κ1) is 15.1. The first-order valence-corrected chi connectivity index (χ1v) is 7.74. The highest BCUT2D eigenvalue weighted by Crippen LogP contribution is 2.23. The molecule has 0 amide bonds. The molecule has 108 valence electrons. The smallest absolute Gasteiger partial charge is 0.264 e. The number of nitrogens with zero attached hydrogens (tertiary/aromatic N) is 1. The average Bonchev–Trinajstić information content (AvgIpc) is 2.53. The zero-order valence-electron chi connectivity index (χ0n) is 11.2. The summed E-state index contributed by atoms with van der Waals surface area (Å²) < 4.78 is 39.0. The molecule has 0 atom stereocenters. The van der Waals surface area contributed by atoms with Gasteiger partial charge in [0.2, 0.25) is 0 Å². The fourth-order valence-corrected chi connectivity index (χ4v) is 3.37. The van der Waals surface area contributed by atoms with Crippen LogP contribution in [0, 0.1) is 12.3 Å². The lowest BCUT2D eigenvalue weighted by Gasteiger charge is -2.23. The van der Waals surface area contributed by atoms with Crippen LogP contribution in [-0.2, 0) is 10.0 Å². The van der Waals surface area contributed by atoms with Gasteiger partial charge in [0.05, 0.1) is 17.1 Å². The van der Waals surface area contributed by atoms with Crippen LogP contribution in [0.4, 0.5) is 10.1 Å². The lowest BCUT2D eigenvalue weighted by Crippen LogP contribution is -2.32. The molecule has 3 nitrogen and oxygen atoms in total. The zero-order valence-corrected chi connectivity index (χ0v) is 12.1. The second-order valence-electron chi connectivity index (χ2n) is 4.27. The van der Waals surface area contributed by atoms with Gasteiger partial charge in [0.15, 0.2) is 0 Å². The molecule has 0 bridgehead atoms. The average molecular weight is 303 g/mol. The van der Waals surface area contributed by atoms with Crippen LogP contribution in [0.15, 0.2) is 59.5 Å². The maximum atomic E-state index is 12.8. The minimum atomic E-state index is -3.79. The van der Waals surface area contributed by atoms with Crippen molar-refractivity contribution < 1.29 is 12.8 Å². The SMILES string of the molecule is C#Cc1ccc(N(CCF)S(=O)(=O)c2ccccc2)cc1. The number of anilines is 1. The lowest BCUT2D eigenvalue weighted by molar-refractivity contribution is 0.499. The quantitative estimate of drug-likeness (QED) is 0.797. The Morgan fingerprint density at radius 3 is 2.19 bits per heavy atom. The summed E-state index contributed by atoms with van der Waals surface area (Å²) in [6, 6.07) is 14.3. The highest BCUT2D eigenvalue weighted by atomic mass is 32.2. The van der Waals surface area contributed by atoms with E-state index in [2.05, 4.69) is 5.92 Å². The molecule has 5 heteroatoms. The van der Waals surface area contributed by atoms with E-state index in [1.165, 1.54) is 12.1 Å². The van der Waals surface area contributed by atoms with E-state index in [-0.39, 0.29) is 11.4 Å². The molecule has 0 fully saturated rings. The van der Waals surface area contributed by atoms with Gasteiger partial charge in [-0.3, -0.25) is 4.31 Å². The Balaban J connectivity index is 2.45. The molecule has 0 aliphatic rings. The van der Waals surface area contributed by atoms with Crippen molar-refractivity contribution in [3.8, 4) is 12.3 Å². The summed E-state index contributed by atoms with van der Waals surface area (Å²) in [5, 5.41) is 0. The van der Waals surface area contributed by atoms with E-state index in [0.717, 1.165) is 4.31 Å². The number of terminal acetylenes is 1. The number of halogens is 1. The second-order valence-corrected chi connectivity index (χ2v) is 6.13. The van der Waals surface area contributed by atoms with Crippen molar-refractivity contribution >= 4 is 15.7 Å². The molecule has 2 aromatic carbocycles. The van der Waals surface area contributed by atoms with E-state index in [1.54, 1.807) is 42.5 Å². The van der Waals surface area contributed by atoms with Gasteiger partial charge in [-0.2, -0.15) is 0 Å². The summed E-state index contributed by atoms with van der Waals surface area (Å²) in [4.78, 5) is 0.125. The molecule has 0 unspecified atom stereocenters. The van der Waals surface area contributed by atoms with Crippen LogP contribution < -0.4 is 4.31 Å². The van der Waals surface area contributed by atoms with E-state index in [1.807, 2.05) is 0 Å². The van der Waals surface area contributed by atoms with Gasteiger partial charge < -0.3 is 0 Å². The Kier molecular flexibility index (Phi) is 4.61. The molecular formula is C16H14FNO2S. The third-order valence-corrected chi connectivity index (χ3v) is 4.78. The van der Waals surface area contributed by atoms with Crippen LogP contribution in [0.2, 0.25) is 0 Å². The Labute approximate surface area is 124 Å². The summed E-state index contributed by atoms with van der Waals surface area (Å²) >= 11 is 0. The number of alkyl halides is 1. The number of hydrogen-bond donors (Lipinski definition) is 0. The van der Waals surface area contributed by atoms with E-state index >= 15 is 0 Å². The van der Waals surface area contributed by atoms with Crippen LogP contribution in [0.1, 0.15) is 5.56 Å². The van der Waals surface area contributed by atoms with Crippen LogP contribution in [0.25, 0.3) is 0 Å². The molecule has 2 rings (SSSR count). The van der Waals surface area contributed by atoms with E-state index < -0.39 is 16.7 Å².